The Hall–Kier alpha value is -1.59. The van der Waals surface area contributed by atoms with Gasteiger partial charge in [0.05, 0.1) is 25.4 Å². The van der Waals surface area contributed by atoms with Crippen LogP contribution >= 0.6 is 0 Å². The third-order valence-electron chi connectivity index (χ3n) is 2.21. The van der Waals surface area contributed by atoms with Crippen LogP contribution in [-0.4, -0.2) is 37.5 Å². The summed E-state index contributed by atoms with van der Waals surface area (Å²) in [6.45, 7) is 2.50. The van der Waals surface area contributed by atoms with E-state index in [1.54, 1.807) is 18.2 Å². The summed E-state index contributed by atoms with van der Waals surface area (Å²) in [4.78, 5) is 11.6. The Morgan fingerprint density at radius 1 is 1.35 bits per heavy atom. The standard InChI is InChI=1S/C12H17NO4/c1-9-2-3-10(8-11(9)13)12(15)17-7-6-16-5-4-14/h2-3,8,14H,4-7,13H2,1H3. The Bertz CT molecular complexity index is 379. The van der Waals surface area contributed by atoms with Crippen molar-refractivity contribution in [2.45, 2.75) is 6.92 Å². The second-order valence-corrected chi connectivity index (χ2v) is 3.54. The fourth-order valence-corrected chi connectivity index (χ4v) is 1.21. The molecule has 0 aliphatic rings. The average Bonchev–Trinajstić information content (AvgIpc) is 2.32. The first-order valence-electron chi connectivity index (χ1n) is 5.37. The predicted octanol–water partition coefficient (Wildman–Crippen LogP) is 0.743. The van der Waals surface area contributed by atoms with Crippen molar-refractivity contribution >= 4 is 11.7 Å². The molecule has 0 heterocycles. The fourth-order valence-electron chi connectivity index (χ4n) is 1.21. The van der Waals surface area contributed by atoms with E-state index in [1.165, 1.54) is 0 Å². The molecule has 0 fully saturated rings. The zero-order valence-corrected chi connectivity index (χ0v) is 9.81. The van der Waals surface area contributed by atoms with Crippen LogP contribution in [0.25, 0.3) is 0 Å². The number of carbonyl (C=O) groups is 1. The van der Waals surface area contributed by atoms with Crippen LogP contribution in [0.4, 0.5) is 5.69 Å². The Morgan fingerprint density at radius 2 is 2.12 bits per heavy atom. The molecule has 5 heteroatoms. The maximum absolute atomic E-state index is 11.6. The van der Waals surface area contributed by atoms with Gasteiger partial charge in [0, 0.05) is 5.69 Å². The van der Waals surface area contributed by atoms with Crippen LogP contribution in [-0.2, 0) is 9.47 Å². The van der Waals surface area contributed by atoms with Crippen molar-refractivity contribution in [1.82, 2.24) is 0 Å². The van der Waals surface area contributed by atoms with Gasteiger partial charge in [0.1, 0.15) is 6.61 Å². The minimum atomic E-state index is -0.427. The van der Waals surface area contributed by atoms with Gasteiger partial charge in [-0.25, -0.2) is 4.79 Å². The summed E-state index contributed by atoms with van der Waals surface area (Å²) in [5, 5.41) is 8.46. The molecule has 0 amide bonds. The van der Waals surface area contributed by atoms with E-state index in [0.29, 0.717) is 11.3 Å². The van der Waals surface area contributed by atoms with Crippen molar-refractivity contribution in [3.63, 3.8) is 0 Å². The van der Waals surface area contributed by atoms with Crippen molar-refractivity contribution in [2.75, 3.05) is 32.2 Å². The minimum absolute atomic E-state index is 0.0392. The number of carbonyl (C=O) groups excluding carboxylic acids is 1. The van der Waals surface area contributed by atoms with Crippen LogP contribution in [0.2, 0.25) is 0 Å². The highest BCUT2D eigenvalue weighted by atomic mass is 16.6. The molecule has 1 aromatic rings. The first-order valence-corrected chi connectivity index (χ1v) is 5.37. The van der Waals surface area contributed by atoms with Crippen molar-refractivity contribution in [3.8, 4) is 0 Å². The van der Waals surface area contributed by atoms with E-state index >= 15 is 0 Å². The zero-order valence-electron chi connectivity index (χ0n) is 9.81. The van der Waals surface area contributed by atoms with Crippen LogP contribution in [0.3, 0.4) is 0 Å². The molecule has 0 saturated carbocycles. The lowest BCUT2D eigenvalue weighted by Gasteiger charge is -2.06. The number of aliphatic hydroxyl groups excluding tert-OH is 1. The Morgan fingerprint density at radius 3 is 2.76 bits per heavy atom. The highest BCUT2D eigenvalue weighted by molar-refractivity contribution is 5.90. The molecule has 0 atom stereocenters. The number of nitrogen functional groups attached to an aromatic ring is 1. The fraction of sp³-hybridized carbons (Fsp3) is 0.417. The number of ether oxygens (including phenoxy) is 2. The highest BCUT2D eigenvalue weighted by Crippen LogP contribution is 2.13. The van der Waals surface area contributed by atoms with E-state index in [4.69, 9.17) is 20.3 Å². The molecule has 3 N–H and O–H groups in total. The van der Waals surface area contributed by atoms with E-state index in [2.05, 4.69) is 0 Å². The van der Waals surface area contributed by atoms with Gasteiger partial charge in [-0.05, 0) is 24.6 Å². The van der Waals surface area contributed by atoms with Crippen LogP contribution in [0.5, 0.6) is 0 Å². The third kappa shape index (κ3) is 4.42. The molecule has 0 saturated heterocycles. The molecular formula is C12H17NO4. The minimum Gasteiger partial charge on any atom is -0.460 e. The van der Waals surface area contributed by atoms with Gasteiger partial charge >= 0.3 is 5.97 Å². The molecular weight excluding hydrogens is 222 g/mol. The summed E-state index contributed by atoms with van der Waals surface area (Å²) in [5.41, 5.74) is 7.61. The van der Waals surface area contributed by atoms with Gasteiger partial charge in [-0.3, -0.25) is 0 Å². The Kier molecular flexibility index (Phi) is 5.45. The molecule has 17 heavy (non-hydrogen) atoms. The average molecular weight is 239 g/mol. The molecule has 1 rings (SSSR count). The van der Waals surface area contributed by atoms with Gasteiger partial charge in [-0.2, -0.15) is 0 Å². The van der Waals surface area contributed by atoms with Crippen molar-refractivity contribution in [3.05, 3.63) is 29.3 Å². The molecule has 0 aliphatic heterocycles. The van der Waals surface area contributed by atoms with Gasteiger partial charge < -0.3 is 20.3 Å². The number of hydrogen-bond donors (Lipinski definition) is 2. The lowest BCUT2D eigenvalue weighted by Crippen LogP contribution is -2.12. The SMILES string of the molecule is Cc1ccc(C(=O)OCCOCCO)cc1N. The molecule has 0 aromatic heterocycles. The van der Waals surface area contributed by atoms with E-state index in [0.717, 1.165) is 5.56 Å². The zero-order chi connectivity index (χ0) is 12.7. The van der Waals surface area contributed by atoms with Crippen LogP contribution in [0.1, 0.15) is 15.9 Å². The van der Waals surface area contributed by atoms with E-state index in [1.807, 2.05) is 6.92 Å². The van der Waals surface area contributed by atoms with Crippen LogP contribution in [0, 0.1) is 6.92 Å². The second kappa shape index (κ2) is 6.88. The lowest BCUT2D eigenvalue weighted by atomic mass is 10.1. The highest BCUT2D eigenvalue weighted by Gasteiger charge is 2.07. The summed E-state index contributed by atoms with van der Waals surface area (Å²) in [6.07, 6.45) is 0. The number of aryl methyl sites for hydroxylation is 1. The van der Waals surface area contributed by atoms with Crippen molar-refractivity contribution in [2.24, 2.45) is 0 Å². The second-order valence-electron chi connectivity index (χ2n) is 3.54. The topological polar surface area (TPSA) is 81.8 Å². The maximum atomic E-state index is 11.6. The normalized spacial score (nSPS) is 10.2. The largest absolute Gasteiger partial charge is 0.460 e. The smallest absolute Gasteiger partial charge is 0.338 e. The van der Waals surface area contributed by atoms with Gasteiger partial charge in [-0.15, -0.1) is 0 Å². The number of nitrogens with two attached hydrogens (primary N) is 1. The van der Waals surface area contributed by atoms with Crippen LogP contribution in [0.15, 0.2) is 18.2 Å². The molecule has 0 bridgehead atoms. The summed E-state index contributed by atoms with van der Waals surface area (Å²) in [6, 6.07) is 5.03. The van der Waals surface area contributed by atoms with Gasteiger partial charge in [0.15, 0.2) is 0 Å². The monoisotopic (exact) mass is 239 g/mol. The summed E-state index contributed by atoms with van der Waals surface area (Å²) < 4.78 is 9.93. The van der Waals surface area contributed by atoms with Gasteiger partial charge in [-0.1, -0.05) is 6.07 Å². The van der Waals surface area contributed by atoms with Crippen molar-refractivity contribution in [1.29, 1.82) is 0 Å². The quantitative estimate of drug-likeness (QED) is 0.435. The number of esters is 1. The maximum Gasteiger partial charge on any atom is 0.338 e. The summed E-state index contributed by atoms with van der Waals surface area (Å²) >= 11 is 0. The molecule has 0 radical (unpaired) electrons. The van der Waals surface area contributed by atoms with E-state index in [-0.39, 0.29) is 26.4 Å². The van der Waals surface area contributed by atoms with E-state index < -0.39 is 5.97 Å². The first-order chi connectivity index (χ1) is 8.15. The molecule has 0 unspecified atom stereocenters. The van der Waals surface area contributed by atoms with Crippen LogP contribution < -0.4 is 5.73 Å². The lowest BCUT2D eigenvalue weighted by molar-refractivity contribution is 0.0258. The third-order valence-corrected chi connectivity index (χ3v) is 2.21. The molecule has 5 nitrogen and oxygen atoms in total. The number of hydrogen-bond acceptors (Lipinski definition) is 5. The van der Waals surface area contributed by atoms with E-state index in [9.17, 15) is 4.79 Å². The Balaban J connectivity index is 2.39. The van der Waals surface area contributed by atoms with Crippen molar-refractivity contribution < 1.29 is 19.4 Å². The first kappa shape index (κ1) is 13.5. The molecule has 1 aromatic carbocycles. The predicted molar refractivity (Wildman–Crippen MR) is 63.8 cm³/mol. The summed E-state index contributed by atoms with van der Waals surface area (Å²) in [5.74, 6) is -0.427. The molecule has 0 aliphatic carbocycles. The molecule has 0 spiro atoms. The van der Waals surface area contributed by atoms with Gasteiger partial charge in [0.25, 0.3) is 0 Å². The Labute approximate surface area is 100 Å². The molecule has 94 valence electrons. The number of anilines is 1. The number of rotatable bonds is 6. The summed E-state index contributed by atoms with van der Waals surface area (Å²) in [7, 11) is 0. The number of benzene rings is 1. The van der Waals surface area contributed by atoms with Gasteiger partial charge in [0.2, 0.25) is 0 Å². The number of aliphatic hydroxyl groups is 1.